The van der Waals surface area contributed by atoms with Gasteiger partial charge in [0.2, 0.25) is 0 Å². The SMILES string of the molecule is CCC[C@H](C)NC(=S)Nc1ncccc1C. The molecule has 1 atom stereocenters. The molecule has 88 valence electrons. The Kier molecular flexibility index (Phi) is 5.19. The first-order valence-electron chi connectivity index (χ1n) is 5.62. The molecule has 0 amide bonds. The molecule has 1 rings (SSSR count). The van der Waals surface area contributed by atoms with Gasteiger partial charge in [-0.15, -0.1) is 0 Å². The molecule has 0 saturated heterocycles. The molecule has 1 heterocycles. The Morgan fingerprint density at radius 2 is 2.31 bits per heavy atom. The van der Waals surface area contributed by atoms with E-state index >= 15 is 0 Å². The van der Waals surface area contributed by atoms with Crippen LogP contribution in [0.1, 0.15) is 32.3 Å². The summed E-state index contributed by atoms with van der Waals surface area (Å²) in [5, 5.41) is 6.99. The van der Waals surface area contributed by atoms with Crippen molar-refractivity contribution in [3.63, 3.8) is 0 Å². The van der Waals surface area contributed by atoms with Crippen LogP contribution in [-0.2, 0) is 0 Å². The first-order valence-corrected chi connectivity index (χ1v) is 6.03. The van der Waals surface area contributed by atoms with E-state index in [2.05, 4.69) is 29.5 Å². The molecule has 3 nitrogen and oxygen atoms in total. The molecule has 0 saturated carbocycles. The van der Waals surface area contributed by atoms with E-state index in [0.717, 1.165) is 24.2 Å². The number of nitrogens with zero attached hydrogens (tertiary/aromatic N) is 1. The Morgan fingerprint density at radius 3 is 2.94 bits per heavy atom. The Hall–Kier alpha value is -1.16. The van der Waals surface area contributed by atoms with E-state index in [1.165, 1.54) is 0 Å². The highest BCUT2D eigenvalue weighted by molar-refractivity contribution is 7.80. The van der Waals surface area contributed by atoms with Crippen LogP contribution in [0.5, 0.6) is 0 Å². The summed E-state index contributed by atoms with van der Waals surface area (Å²) in [4.78, 5) is 4.23. The quantitative estimate of drug-likeness (QED) is 0.790. The maximum atomic E-state index is 5.22. The van der Waals surface area contributed by atoms with E-state index in [9.17, 15) is 0 Å². The lowest BCUT2D eigenvalue weighted by molar-refractivity contribution is 0.599. The summed E-state index contributed by atoms with van der Waals surface area (Å²) in [6.45, 7) is 6.30. The van der Waals surface area contributed by atoms with Crippen LogP contribution >= 0.6 is 12.2 Å². The van der Waals surface area contributed by atoms with Crippen molar-refractivity contribution in [3.05, 3.63) is 23.9 Å². The molecule has 0 aromatic carbocycles. The van der Waals surface area contributed by atoms with Crippen molar-refractivity contribution in [1.82, 2.24) is 10.3 Å². The summed E-state index contributed by atoms with van der Waals surface area (Å²) >= 11 is 5.22. The molecule has 0 aliphatic rings. The number of hydrogen-bond acceptors (Lipinski definition) is 2. The molecule has 4 heteroatoms. The average molecular weight is 237 g/mol. The van der Waals surface area contributed by atoms with Crippen molar-refractivity contribution in [3.8, 4) is 0 Å². The summed E-state index contributed by atoms with van der Waals surface area (Å²) in [6.07, 6.45) is 4.02. The van der Waals surface area contributed by atoms with Gasteiger partial charge in [0.25, 0.3) is 0 Å². The summed E-state index contributed by atoms with van der Waals surface area (Å²) in [5.41, 5.74) is 1.09. The van der Waals surface area contributed by atoms with Crippen LogP contribution in [0.2, 0.25) is 0 Å². The van der Waals surface area contributed by atoms with Gasteiger partial charge in [0.05, 0.1) is 0 Å². The molecule has 0 fully saturated rings. The number of anilines is 1. The van der Waals surface area contributed by atoms with Crippen molar-refractivity contribution in [1.29, 1.82) is 0 Å². The minimum atomic E-state index is 0.397. The van der Waals surface area contributed by atoms with Crippen LogP contribution in [0.15, 0.2) is 18.3 Å². The molecule has 16 heavy (non-hydrogen) atoms. The van der Waals surface area contributed by atoms with Crippen molar-refractivity contribution >= 4 is 23.1 Å². The van der Waals surface area contributed by atoms with Crippen LogP contribution in [0.4, 0.5) is 5.82 Å². The minimum Gasteiger partial charge on any atom is -0.360 e. The predicted octanol–water partition coefficient (Wildman–Crippen LogP) is 2.87. The van der Waals surface area contributed by atoms with E-state index in [-0.39, 0.29) is 0 Å². The van der Waals surface area contributed by atoms with E-state index in [1.54, 1.807) is 6.20 Å². The van der Waals surface area contributed by atoms with E-state index in [4.69, 9.17) is 12.2 Å². The minimum absolute atomic E-state index is 0.397. The fourth-order valence-corrected chi connectivity index (χ4v) is 1.79. The summed E-state index contributed by atoms with van der Waals surface area (Å²) < 4.78 is 0. The van der Waals surface area contributed by atoms with Gasteiger partial charge in [-0.05, 0) is 44.1 Å². The monoisotopic (exact) mass is 237 g/mol. The number of nitrogens with one attached hydrogen (secondary N) is 2. The summed E-state index contributed by atoms with van der Waals surface area (Å²) in [7, 11) is 0. The van der Waals surface area contributed by atoms with Crippen LogP contribution < -0.4 is 10.6 Å². The Bertz CT molecular complexity index is 352. The second kappa shape index (κ2) is 6.43. The highest BCUT2D eigenvalue weighted by Gasteiger charge is 2.04. The van der Waals surface area contributed by atoms with Crippen LogP contribution in [-0.4, -0.2) is 16.1 Å². The zero-order valence-electron chi connectivity index (χ0n) is 10.1. The van der Waals surface area contributed by atoms with E-state index in [1.807, 2.05) is 19.1 Å². The van der Waals surface area contributed by atoms with Gasteiger partial charge in [0, 0.05) is 12.2 Å². The van der Waals surface area contributed by atoms with E-state index in [0.29, 0.717) is 11.2 Å². The van der Waals surface area contributed by atoms with Crippen molar-refractivity contribution in [2.24, 2.45) is 0 Å². The maximum Gasteiger partial charge on any atom is 0.172 e. The molecule has 0 aliphatic carbocycles. The first-order chi connectivity index (χ1) is 7.63. The van der Waals surface area contributed by atoms with Gasteiger partial charge in [-0.1, -0.05) is 19.4 Å². The van der Waals surface area contributed by atoms with Gasteiger partial charge >= 0.3 is 0 Å². The summed E-state index contributed by atoms with van der Waals surface area (Å²) in [5.74, 6) is 0.823. The fraction of sp³-hybridized carbons (Fsp3) is 0.500. The van der Waals surface area contributed by atoms with Crippen molar-refractivity contribution in [2.45, 2.75) is 39.7 Å². The zero-order chi connectivity index (χ0) is 12.0. The predicted molar refractivity (Wildman–Crippen MR) is 72.7 cm³/mol. The first kappa shape index (κ1) is 12.9. The molecule has 0 aliphatic heterocycles. The van der Waals surface area contributed by atoms with Crippen LogP contribution in [0, 0.1) is 6.92 Å². The number of aryl methyl sites for hydroxylation is 1. The number of rotatable bonds is 4. The van der Waals surface area contributed by atoms with E-state index < -0.39 is 0 Å². The van der Waals surface area contributed by atoms with Gasteiger partial charge in [-0.2, -0.15) is 0 Å². The zero-order valence-corrected chi connectivity index (χ0v) is 10.9. The molecule has 0 spiro atoms. The fourth-order valence-electron chi connectivity index (χ4n) is 1.49. The normalized spacial score (nSPS) is 11.9. The number of hydrogen-bond donors (Lipinski definition) is 2. The molecule has 1 aromatic rings. The second-order valence-corrected chi connectivity index (χ2v) is 4.37. The summed E-state index contributed by atoms with van der Waals surface area (Å²) in [6, 6.07) is 4.32. The number of pyridine rings is 1. The highest BCUT2D eigenvalue weighted by atomic mass is 32.1. The number of thiocarbonyl (C=S) groups is 1. The largest absolute Gasteiger partial charge is 0.360 e. The molecule has 0 bridgehead atoms. The lowest BCUT2D eigenvalue weighted by Gasteiger charge is -2.16. The van der Waals surface area contributed by atoms with Gasteiger partial charge in [-0.25, -0.2) is 4.98 Å². The topological polar surface area (TPSA) is 37.0 Å². The van der Waals surface area contributed by atoms with Gasteiger partial charge in [0.15, 0.2) is 5.11 Å². The molecule has 2 N–H and O–H groups in total. The standard InChI is InChI=1S/C12H19N3S/c1-4-6-10(3)14-12(16)15-11-9(2)7-5-8-13-11/h5,7-8,10H,4,6H2,1-3H3,(H2,13,14,15,16)/t10-/m0/s1. The van der Waals surface area contributed by atoms with Gasteiger partial charge in [0.1, 0.15) is 5.82 Å². The molecule has 1 aromatic heterocycles. The number of aromatic nitrogens is 1. The third kappa shape index (κ3) is 4.14. The third-order valence-corrected chi connectivity index (χ3v) is 2.56. The second-order valence-electron chi connectivity index (χ2n) is 3.96. The molecular weight excluding hydrogens is 218 g/mol. The highest BCUT2D eigenvalue weighted by Crippen LogP contribution is 2.08. The third-order valence-electron chi connectivity index (χ3n) is 2.34. The molecular formula is C12H19N3S. The van der Waals surface area contributed by atoms with Gasteiger partial charge in [-0.3, -0.25) is 0 Å². The van der Waals surface area contributed by atoms with Crippen LogP contribution in [0.25, 0.3) is 0 Å². The Morgan fingerprint density at radius 1 is 1.56 bits per heavy atom. The Labute approximate surface area is 103 Å². The van der Waals surface area contributed by atoms with Crippen LogP contribution in [0.3, 0.4) is 0 Å². The maximum absolute atomic E-state index is 5.22. The van der Waals surface area contributed by atoms with Crippen molar-refractivity contribution < 1.29 is 0 Å². The molecule has 0 unspecified atom stereocenters. The average Bonchev–Trinajstić information content (AvgIpc) is 2.21. The lowest BCUT2D eigenvalue weighted by atomic mass is 10.2. The molecule has 0 radical (unpaired) electrons. The lowest BCUT2D eigenvalue weighted by Crippen LogP contribution is -2.36. The Balaban J connectivity index is 2.49. The van der Waals surface area contributed by atoms with Crippen molar-refractivity contribution in [2.75, 3.05) is 5.32 Å². The smallest absolute Gasteiger partial charge is 0.172 e. The van der Waals surface area contributed by atoms with Gasteiger partial charge < -0.3 is 10.6 Å².